The molecule has 2 aromatic carbocycles. The molecule has 3 aromatic rings. The van der Waals surface area contributed by atoms with Gasteiger partial charge in [-0.1, -0.05) is 41.0 Å². The standard InChI is InChI=1S/C20H18ClN3O5/c1-27-16-8-3-2-7-15(16)20(26)22-10-9-18(25)28-12-17-23-19(24-29-17)13-5-4-6-14(21)11-13/h2-8,11H,9-10,12H2,1H3,(H,22,26). The SMILES string of the molecule is COc1ccccc1C(=O)NCCC(=O)OCc1nc(-c2cccc(Cl)c2)no1. The highest BCUT2D eigenvalue weighted by Gasteiger charge is 2.14. The smallest absolute Gasteiger partial charge is 0.308 e. The van der Waals surface area contributed by atoms with Crippen LogP contribution in [-0.4, -0.2) is 35.7 Å². The maximum atomic E-state index is 12.2. The fraction of sp³-hybridized carbons (Fsp3) is 0.200. The first-order chi connectivity index (χ1) is 14.1. The summed E-state index contributed by atoms with van der Waals surface area (Å²) >= 11 is 5.94. The second-order valence-corrected chi connectivity index (χ2v) is 6.33. The molecule has 150 valence electrons. The molecule has 9 heteroatoms. The second-order valence-electron chi connectivity index (χ2n) is 5.89. The van der Waals surface area contributed by atoms with E-state index >= 15 is 0 Å². The molecule has 0 aliphatic heterocycles. The van der Waals surface area contributed by atoms with Crippen LogP contribution in [0, 0.1) is 0 Å². The van der Waals surface area contributed by atoms with Gasteiger partial charge in [0.1, 0.15) is 5.75 Å². The number of hydrogen-bond acceptors (Lipinski definition) is 7. The number of aromatic nitrogens is 2. The van der Waals surface area contributed by atoms with E-state index in [2.05, 4.69) is 15.5 Å². The van der Waals surface area contributed by atoms with E-state index < -0.39 is 5.97 Å². The van der Waals surface area contributed by atoms with Crippen molar-refractivity contribution in [1.29, 1.82) is 0 Å². The fourth-order valence-electron chi connectivity index (χ4n) is 2.48. The van der Waals surface area contributed by atoms with Gasteiger partial charge in [0.15, 0.2) is 6.61 Å². The Bertz CT molecular complexity index is 1010. The van der Waals surface area contributed by atoms with Gasteiger partial charge in [-0.3, -0.25) is 9.59 Å². The molecule has 0 atom stereocenters. The molecule has 1 amide bonds. The average molecular weight is 416 g/mol. The molecule has 0 aliphatic rings. The molecule has 1 aromatic heterocycles. The second kappa shape index (κ2) is 9.70. The van der Waals surface area contributed by atoms with Crippen molar-refractivity contribution in [2.45, 2.75) is 13.0 Å². The van der Waals surface area contributed by atoms with Gasteiger partial charge in [-0.2, -0.15) is 4.98 Å². The molecule has 3 rings (SSSR count). The summed E-state index contributed by atoms with van der Waals surface area (Å²) in [5.41, 5.74) is 1.08. The summed E-state index contributed by atoms with van der Waals surface area (Å²) in [5, 5.41) is 7.04. The zero-order valence-electron chi connectivity index (χ0n) is 15.6. The zero-order chi connectivity index (χ0) is 20.6. The minimum atomic E-state index is -0.507. The van der Waals surface area contributed by atoms with Crippen LogP contribution in [0.4, 0.5) is 0 Å². The summed E-state index contributed by atoms with van der Waals surface area (Å²) in [5.74, 6) is 0.125. The first-order valence-electron chi connectivity index (χ1n) is 8.72. The van der Waals surface area contributed by atoms with E-state index in [1.165, 1.54) is 7.11 Å². The van der Waals surface area contributed by atoms with E-state index in [1.54, 1.807) is 48.5 Å². The van der Waals surface area contributed by atoms with Gasteiger partial charge in [0.2, 0.25) is 5.82 Å². The lowest BCUT2D eigenvalue weighted by Gasteiger charge is -2.08. The van der Waals surface area contributed by atoms with Crippen LogP contribution < -0.4 is 10.1 Å². The Hall–Kier alpha value is -3.39. The van der Waals surface area contributed by atoms with Crippen LogP contribution in [-0.2, 0) is 16.1 Å². The Labute approximate surface area is 171 Å². The quantitative estimate of drug-likeness (QED) is 0.563. The van der Waals surface area contributed by atoms with Crippen molar-refractivity contribution in [2.24, 2.45) is 0 Å². The highest BCUT2D eigenvalue weighted by molar-refractivity contribution is 6.30. The minimum absolute atomic E-state index is 0.00379. The number of esters is 1. The summed E-state index contributed by atoms with van der Waals surface area (Å²) < 4.78 is 15.3. The van der Waals surface area contributed by atoms with E-state index in [-0.39, 0.29) is 31.4 Å². The number of rotatable bonds is 8. The van der Waals surface area contributed by atoms with E-state index in [0.29, 0.717) is 27.7 Å². The molecule has 0 radical (unpaired) electrons. The van der Waals surface area contributed by atoms with E-state index in [9.17, 15) is 9.59 Å². The number of methoxy groups -OCH3 is 1. The molecular formula is C20H18ClN3O5. The average Bonchev–Trinajstić information content (AvgIpc) is 3.21. The largest absolute Gasteiger partial charge is 0.496 e. The maximum Gasteiger partial charge on any atom is 0.308 e. The van der Waals surface area contributed by atoms with Gasteiger partial charge in [-0.15, -0.1) is 0 Å². The number of benzene rings is 2. The van der Waals surface area contributed by atoms with E-state index in [1.807, 2.05) is 0 Å². The van der Waals surface area contributed by atoms with Crippen molar-refractivity contribution >= 4 is 23.5 Å². The molecule has 0 unspecified atom stereocenters. The van der Waals surface area contributed by atoms with Crippen LogP contribution in [0.5, 0.6) is 5.75 Å². The summed E-state index contributed by atoms with van der Waals surface area (Å²) in [6.07, 6.45) is -0.00379. The van der Waals surface area contributed by atoms with Crippen LogP contribution in [0.15, 0.2) is 53.1 Å². The Kier molecular flexibility index (Phi) is 6.80. The number of hydrogen-bond donors (Lipinski definition) is 1. The molecule has 1 heterocycles. The van der Waals surface area contributed by atoms with Crippen molar-refractivity contribution in [2.75, 3.05) is 13.7 Å². The van der Waals surface area contributed by atoms with Gasteiger partial charge in [0.05, 0.1) is 19.1 Å². The first kappa shape index (κ1) is 20.3. The lowest BCUT2D eigenvalue weighted by molar-refractivity contribution is -0.145. The Morgan fingerprint density at radius 1 is 1.17 bits per heavy atom. The summed E-state index contributed by atoms with van der Waals surface area (Å²) in [6.45, 7) is -0.0415. The zero-order valence-corrected chi connectivity index (χ0v) is 16.3. The highest BCUT2D eigenvalue weighted by atomic mass is 35.5. The fourth-order valence-corrected chi connectivity index (χ4v) is 2.67. The van der Waals surface area contributed by atoms with Gasteiger partial charge in [-0.05, 0) is 24.3 Å². The lowest BCUT2D eigenvalue weighted by Crippen LogP contribution is -2.26. The van der Waals surface area contributed by atoms with Gasteiger partial charge >= 0.3 is 5.97 Å². The predicted molar refractivity (Wildman–Crippen MR) is 104 cm³/mol. The van der Waals surface area contributed by atoms with Crippen molar-refractivity contribution in [3.8, 4) is 17.1 Å². The summed E-state index contributed by atoms with van der Waals surface area (Å²) in [4.78, 5) is 28.2. The molecule has 29 heavy (non-hydrogen) atoms. The molecule has 0 saturated carbocycles. The number of amides is 1. The minimum Gasteiger partial charge on any atom is -0.496 e. The summed E-state index contributed by atoms with van der Waals surface area (Å²) in [7, 11) is 1.48. The summed E-state index contributed by atoms with van der Waals surface area (Å²) in [6, 6.07) is 13.8. The monoisotopic (exact) mass is 415 g/mol. The molecule has 0 bridgehead atoms. The number of halogens is 1. The van der Waals surface area contributed by atoms with Crippen molar-refractivity contribution < 1.29 is 23.6 Å². The molecule has 1 N–H and O–H groups in total. The van der Waals surface area contributed by atoms with Crippen LogP contribution in [0.2, 0.25) is 5.02 Å². The molecule has 0 fully saturated rings. The van der Waals surface area contributed by atoms with Crippen LogP contribution in [0.25, 0.3) is 11.4 Å². The Morgan fingerprint density at radius 2 is 2.00 bits per heavy atom. The Balaban J connectivity index is 1.44. The Morgan fingerprint density at radius 3 is 2.79 bits per heavy atom. The van der Waals surface area contributed by atoms with Crippen LogP contribution >= 0.6 is 11.6 Å². The number of carbonyl (C=O) groups excluding carboxylic acids is 2. The van der Waals surface area contributed by atoms with Crippen LogP contribution in [0.3, 0.4) is 0 Å². The van der Waals surface area contributed by atoms with Crippen molar-refractivity contribution in [3.63, 3.8) is 0 Å². The van der Waals surface area contributed by atoms with E-state index in [0.717, 1.165) is 0 Å². The molecule has 0 saturated heterocycles. The first-order valence-corrected chi connectivity index (χ1v) is 9.10. The number of carbonyl (C=O) groups is 2. The van der Waals surface area contributed by atoms with Gasteiger partial charge < -0.3 is 19.3 Å². The van der Waals surface area contributed by atoms with Gasteiger partial charge in [0, 0.05) is 17.1 Å². The third-order valence-corrected chi connectivity index (χ3v) is 4.11. The number of nitrogens with zero attached hydrogens (tertiary/aromatic N) is 2. The number of nitrogens with one attached hydrogen (secondary N) is 1. The van der Waals surface area contributed by atoms with E-state index in [4.69, 9.17) is 25.6 Å². The van der Waals surface area contributed by atoms with Gasteiger partial charge in [0.25, 0.3) is 11.8 Å². The normalized spacial score (nSPS) is 10.4. The lowest BCUT2D eigenvalue weighted by atomic mass is 10.2. The molecule has 8 nitrogen and oxygen atoms in total. The van der Waals surface area contributed by atoms with Gasteiger partial charge in [-0.25, -0.2) is 0 Å². The van der Waals surface area contributed by atoms with Crippen molar-refractivity contribution in [3.05, 3.63) is 65.0 Å². The van der Waals surface area contributed by atoms with Crippen molar-refractivity contribution in [1.82, 2.24) is 15.5 Å². The molecule has 0 spiro atoms. The number of ether oxygens (including phenoxy) is 2. The third kappa shape index (κ3) is 5.55. The highest BCUT2D eigenvalue weighted by Crippen LogP contribution is 2.20. The third-order valence-electron chi connectivity index (χ3n) is 3.87. The van der Waals surface area contributed by atoms with Crippen LogP contribution in [0.1, 0.15) is 22.7 Å². The number of para-hydroxylation sites is 1. The molecular weight excluding hydrogens is 398 g/mol. The molecule has 0 aliphatic carbocycles. The topological polar surface area (TPSA) is 104 Å². The predicted octanol–water partition coefficient (Wildman–Crippen LogP) is 3.26. The maximum absolute atomic E-state index is 12.2.